The second-order valence-electron chi connectivity index (χ2n) is 4.92. The lowest BCUT2D eigenvalue weighted by Crippen LogP contribution is -2.29. The van der Waals surface area contributed by atoms with Gasteiger partial charge in [0.05, 0.1) is 16.9 Å². The number of ether oxygens (including phenoxy) is 1. The molecule has 0 radical (unpaired) electrons. The molecule has 102 valence electrons. The molecule has 0 aliphatic heterocycles. The Morgan fingerprint density at radius 3 is 2.42 bits per heavy atom. The van der Waals surface area contributed by atoms with E-state index >= 15 is 0 Å². The van der Waals surface area contributed by atoms with Crippen molar-refractivity contribution >= 4 is 9.84 Å². The average molecular weight is 279 g/mol. The van der Waals surface area contributed by atoms with E-state index in [1.165, 1.54) is 18.4 Å². The van der Waals surface area contributed by atoms with Gasteiger partial charge in [-0.1, -0.05) is 6.42 Å². The largest absolute Gasteiger partial charge is 0.489 e. The Balaban J connectivity index is 2.09. The smallest absolute Gasteiger partial charge is 0.175 e. The zero-order valence-corrected chi connectivity index (χ0v) is 11.7. The first-order chi connectivity index (χ1) is 9.00. The molecule has 0 amide bonds. The second kappa shape index (κ2) is 5.62. The Kier molecular flexibility index (Phi) is 4.11. The summed E-state index contributed by atoms with van der Waals surface area (Å²) >= 11 is 0. The Bertz CT molecular complexity index is 572. The third-order valence-corrected chi connectivity index (χ3v) is 4.54. The highest BCUT2D eigenvalue weighted by Gasteiger charge is 2.26. The van der Waals surface area contributed by atoms with E-state index in [4.69, 9.17) is 10.00 Å². The second-order valence-corrected chi connectivity index (χ2v) is 6.94. The summed E-state index contributed by atoms with van der Waals surface area (Å²) in [5, 5.41) is 9.08. The molecular formula is C14H17NO3S. The van der Waals surface area contributed by atoms with Gasteiger partial charge in [0.2, 0.25) is 0 Å². The minimum atomic E-state index is -3.18. The lowest BCUT2D eigenvalue weighted by Gasteiger charge is -2.27. The van der Waals surface area contributed by atoms with Crippen LogP contribution >= 0.6 is 0 Å². The minimum absolute atomic E-state index is 0.0664. The predicted molar refractivity (Wildman–Crippen MR) is 71.5 cm³/mol. The quantitative estimate of drug-likeness (QED) is 0.852. The first-order valence-corrected chi connectivity index (χ1v) is 8.26. The minimum Gasteiger partial charge on any atom is -0.489 e. The van der Waals surface area contributed by atoms with Crippen LogP contribution in [0.25, 0.3) is 0 Å². The summed E-state index contributed by atoms with van der Waals surface area (Å²) in [5.74, 6) is 0.558. The molecule has 1 aromatic carbocycles. The van der Waals surface area contributed by atoms with Gasteiger partial charge in [-0.25, -0.2) is 8.42 Å². The molecule has 2 unspecified atom stereocenters. The normalized spacial score (nSPS) is 23.6. The molecule has 2 atom stereocenters. The number of sulfone groups is 1. The summed E-state index contributed by atoms with van der Waals surface area (Å²) in [6.45, 7) is 0. The Hall–Kier alpha value is -1.54. The van der Waals surface area contributed by atoms with Gasteiger partial charge in [0.15, 0.2) is 9.84 Å². The topological polar surface area (TPSA) is 67.2 Å². The van der Waals surface area contributed by atoms with Gasteiger partial charge < -0.3 is 4.74 Å². The molecule has 1 saturated carbocycles. The Morgan fingerprint density at radius 2 is 1.84 bits per heavy atom. The van der Waals surface area contributed by atoms with Gasteiger partial charge in [0.25, 0.3) is 0 Å². The summed E-state index contributed by atoms with van der Waals surface area (Å²) < 4.78 is 28.5. The van der Waals surface area contributed by atoms with Crippen molar-refractivity contribution < 1.29 is 13.2 Å². The summed E-state index contributed by atoms with van der Waals surface area (Å²) in [7, 11) is -3.18. The molecule has 0 spiro atoms. The highest BCUT2D eigenvalue weighted by Crippen LogP contribution is 2.28. The van der Waals surface area contributed by atoms with Crippen molar-refractivity contribution in [3.8, 4) is 11.8 Å². The summed E-state index contributed by atoms with van der Waals surface area (Å²) in [6, 6.07) is 8.67. The highest BCUT2D eigenvalue weighted by atomic mass is 32.2. The van der Waals surface area contributed by atoms with E-state index in [-0.39, 0.29) is 16.9 Å². The molecule has 1 aliphatic rings. The van der Waals surface area contributed by atoms with Gasteiger partial charge >= 0.3 is 0 Å². The molecule has 1 aliphatic carbocycles. The summed E-state index contributed by atoms with van der Waals surface area (Å²) in [6.07, 6.45) is 5.00. The third kappa shape index (κ3) is 3.48. The van der Waals surface area contributed by atoms with Crippen molar-refractivity contribution in [1.82, 2.24) is 0 Å². The molecule has 0 bridgehead atoms. The van der Waals surface area contributed by atoms with Crippen molar-refractivity contribution in [1.29, 1.82) is 5.26 Å². The van der Waals surface area contributed by atoms with Crippen LogP contribution in [0.1, 0.15) is 25.7 Å². The molecule has 1 aromatic rings. The molecule has 0 N–H and O–H groups in total. The maximum atomic E-state index is 11.3. The van der Waals surface area contributed by atoms with Crippen molar-refractivity contribution in [2.45, 2.75) is 36.7 Å². The SMILES string of the molecule is CS(=O)(=O)c1ccc(OC2CCCCC2C#N)cc1. The molecule has 0 aromatic heterocycles. The number of benzene rings is 1. The number of hydrogen-bond donors (Lipinski definition) is 0. The van der Waals surface area contributed by atoms with Crippen LogP contribution in [0.15, 0.2) is 29.2 Å². The van der Waals surface area contributed by atoms with E-state index in [9.17, 15) is 8.42 Å². The monoisotopic (exact) mass is 279 g/mol. The maximum Gasteiger partial charge on any atom is 0.175 e. The molecule has 19 heavy (non-hydrogen) atoms. The standard InChI is InChI=1S/C14H17NO3S/c1-19(16,17)13-8-6-12(7-9-13)18-14-5-3-2-4-11(14)10-15/h6-9,11,14H,2-5H2,1H3. The Labute approximate surface area is 113 Å². The maximum absolute atomic E-state index is 11.3. The van der Waals surface area contributed by atoms with Crippen molar-refractivity contribution in [3.63, 3.8) is 0 Å². The van der Waals surface area contributed by atoms with Crippen LogP contribution in [0.4, 0.5) is 0 Å². The lowest BCUT2D eigenvalue weighted by atomic mass is 9.87. The van der Waals surface area contributed by atoms with Crippen molar-refractivity contribution in [2.24, 2.45) is 5.92 Å². The van der Waals surface area contributed by atoms with E-state index in [0.717, 1.165) is 25.7 Å². The van der Waals surface area contributed by atoms with E-state index in [1.54, 1.807) is 12.1 Å². The van der Waals surface area contributed by atoms with Crippen LogP contribution in [0.2, 0.25) is 0 Å². The number of hydrogen-bond acceptors (Lipinski definition) is 4. The van der Waals surface area contributed by atoms with Gasteiger partial charge in [-0.2, -0.15) is 5.26 Å². The number of nitriles is 1. The van der Waals surface area contributed by atoms with E-state index in [1.807, 2.05) is 0 Å². The van der Waals surface area contributed by atoms with E-state index in [2.05, 4.69) is 6.07 Å². The van der Waals surface area contributed by atoms with Crippen LogP contribution in [-0.4, -0.2) is 20.8 Å². The van der Waals surface area contributed by atoms with Crippen molar-refractivity contribution in [3.05, 3.63) is 24.3 Å². The van der Waals surface area contributed by atoms with Crippen LogP contribution in [0.5, 0.6) is 5.75 Å². The molecule has 0 heterocycles. The van der Waals surface area contributed by atoms with Gasteiger partial charge in [0, 0.05) is 6.26 Å². The van der Waals surface area contributed by atoms with E-state index < -0.39 is 9.84 Å². The third-order valence-electron chi connectivity index (χ3n) is 3.41. The average Bonchev–Trinajstić information content (AvgIpc) is 2.39. The molecule has 4 nitrogen and oxygen atoms in total. The zero-order valence-electron chi connectivity index (χ0n) is 10.9. The fourth-order valence-electron chi connectivity index (χ4n) is 2.33. The zero-order chi connectivity index (χ0) is 13.9. The number of rotatable bonds is 3. The molecule has 0 saturated heterocycles. The van der Waals surface area contributed by atoms with Crippen LogP contribution in [0.3, 0.4) is 0 Å². The molecule has 1 fully saturated rings. The van der Waals surface area contributed by atoms with Crippen LogP contribution in [-0.2, 0) is 9.84 Å². The van der Waals surface area contributed by atoms with Gasteiger partial charge in [-0.15, -0.1) is 0 Å². The van der Waals surface area contributed by atoms with Gasteiger partial charge in [0.1, 0.15) is 11.9 Å². The fourth-order valence-corrected chi connectivity index (χ4v) is 2.96. The Morgan fingerprint density at radius 1 is 1.21 bits per heavy atom. The molecule has 5 heteroatoms. The molecular weight excluding hydrogens is 262 g/mol. The van der Waals surface area contributed by atoms with E-state index in [0.29, 0.717) is 5.75 Å². The first kappa shape index (κ1) is 13.9. The summed E-state index contributed by atoms with van der Waals surface area (Å²) in [5.41, 5.74) is 0. The summed E-state index contributed by atoms with van der Waals surface area (Å²) in [4.78, 5) is 0.278. The van der Waals surface area contributed by atoms with Crippen molar-refractivity contribution in [2.75, 3.05) is 6.26 Å². The number of nitrogens with zero attached hydrogens (tertiary/aromatic N) is 1. The molecule has 2 rings (SSSR count). The van der Waals surface area contributed by atoms with Gasteiger partial charge in [-0.05, 0) is 43.5 Å². The highest BCUT2D eigenvalue weighted by molar-refractivity contribution is 7.90. The fraction of sp³-hybridized carbons (Fsp3) is 0.500. The van der Waals surface area contributed by atoms with Crippen LogP contribution in [0, 0.1) is 17.2 Å². The lowest BCUT2D eigenvalue weighted by molar-refractivity contribution is 0.120. The first-order valence-electron chi connectivity index (χ1n) is 6.37. The predicted octanol–water partition coefficient (Wildman–Crippen LogP) is 2.55. The van der Waals surface area contributed by atoms with Gasteiger partial charge in [-0.3, -0.25) is 0 Å². The van der Waals surface area contributed by atoms with Crippen LogP contribution < -0.4 is 4.74 Å².